The van der Waals surface area contributed by atoms with Gasteiger partial charge in [-0.15, -0.1) is 0 Å². The Morgan fingerprint density at radius 2 is 1.93 bits per heavy atom. The predicted molar refractivity (Wildman–Crippen MR) is 110 cm³/mol. The quantitative estimate of drug-likeness (QED) is 0.806. The zero-order chi connectivity index (χ0) is 21.0. The zero-order valence-corrected chi connectivity index (χ0v) is 17.3. The molecule has 0 aliphatic carbocycles. The van der Waals surface area contributed by atoms with Crippen LogP contribution in [0.3, 0.4) is 0 Å². The summed E-state index contributed by atoms with van der Waals surface area (Å²) < 4.78 is 13.0. The fraction of sp³-hybridized carbons (Fsp3) is 0.500. The van der Waals surface area contributed by atoms with Gasteiger partial charge in [-0.3, -0.25) is 14.3 Å². The van der Waals surface area contributed by atoms with Crippen molar-refractivity contribution < 1.29 is 19.1 Å². The number of benzene rings is 1. The molecule has 160 valence electrons. The first-order chi connectivity index (χ1) is 14.6. The number of ether oxygens (including phenoxy) is 2. The summed E-state index contributed by atoms with van der Waals surface area (Å²) in [7, 11) is 0. The second kappa shape index (κ2) is 8.97. The number of hydrogen-bond donors (Lipinski definition) is 1. The van der Waals surface area contributed by atoms with Gasteiger partial charge in [0.15, 0.2) is 6.10 Å². The Kier molecular flexibility index (Phi) is 6.15. The molecular formula is C22H28N4O4. The Bertz CT molecular complexity index is 876. The number of morpholine rings is 1. The van der Waals surface area contributed by atoms with E-state index < -0.39 is 11.6 Å². The van der Waals surface area contributed by atoms with E-state index >= 15 is 0 Å². The maximum Gasteiger partial charge on any atom is 0.274 e. The van der Waals surface area contributed by atoms with Crippen molar-refractivity contribution in [2.24, 2.45) is 0 Å². The Labute approximate surface area is 176 Å². The third-order valence-electron chi connectivity index (χ3n) is 5.87. The van der Waals surface area contributed by atoms with Gasteiger partial charge in [-0.25, -0.2) is 0 Å². The standard InChI is InChI=1S/C22H28N4O4/c1-2-26-11-8-18(24-26)21(28)25-12-15-30-19(16-25)20(27)23-22(9-13-29-14-10-22)17-6-4-3-5-7-17/h3-8,11,19H,2,9-10,12-16H2,1H3,(H,23,27). The topological polar surface area (TPSA) is 85.7 Å². The van der Waals surface area contributed by atoms with Crippen LogP contribution in [-0.4, -0.2) is 65.5 Å². The van der Waals surface area contributed by atoms with Crippen LogP contribution in [0.5, 0.6) is 0 Å². The van der Waals surface area contributed by atoms with Crippen molar-refractivity contribution in [2.45, 2.75) is 38.0 Å². The van der Waals surface area contributed by atoms with Crippen molar-refractivity contribution in [3.8, 4) is 0 Å². The number of carbonyl (C=O) groups is 2. The van der Waals surface area contributed by atoms with Gasteiger partial charge in [0.25, 0.3) is 11.8 Å². The van der Waals surface area contributed by atoms with Crippen molar-refractivity contribution in [2.75, 3.05) is 32.9 Å². The van der Waals surface area contributed by atoms with Crippen LogP contribution in [0.15, 0.2) is 42.6 Å². The van der Waals surface area contributed by atoms with Gasteiger partial charge >= 0.3 is 0 Å². The van der Waals surface area contributed by atoms with Crippen LogP contribution in [0, 0.1) is 0 Å². The molecule has 2 saturated heterocycles. The second-order valence-electron chi connectivity index (χ2n) is 7.72. The van der Waals surface area contributed by atoms with Gasteiger partial charge in [0, 0.05) is 32.5 Å². The third kappa shape index (κ3) is 4.24. The summed E-state index contributed by atoms with van der Waals surface area (Å²) in [5.41, 5.74) is 0.977. The number of hydrogen-bond acceptors (Lipinski definition) is 5. The molecule has 3 heterocycles. The van der Waals surface area contributed by atoms with Crippen LogP contribution in [0.4, 0.5) is 0 Å². The van der Waals surface area contributed by atoms with Crippen molar-refractivity contribution >= 4 is 11.8 Å². The van der Waals surface area contributed by atoms with Crippen molar-refractivity contribution in [3.05, 3.63) is 53.9 Å². The molecule has 30 heavy (non-hydrogen) atoms. The minimum Gasteiger partial charge on any atom is -0.381 e. The SMILES string of the molecule is CCn1ccc(C(=O)N2CCOC(C(=O)NC3(c4ccccc4)CCOCC3)C2)n1. The lowest BCUT2D eigenvalue weighted by atomic mass is 9.82. The summed E-state index contributed by atoms with van der Waals surface area (Å²) in [6.07, 6.45) is 2.48. The second-order valence-corrected chi connectivity index (χ2v) is 7.72. The highest BCUT2D eigenvalue weighted by molar-refractivity contribution is 5.93. The van der Waals surface area contributed by atoms with Crippen molar-refractivity contribution in [1.29, 1.82) is 0 Å². The van der Waals surface area contributed by atoms with E-state index in [9.17, 15) is 9.59 Å². The van der Waals surface area contributed by atoms with Crippen molar-refractivity contribution in [3.63, 3.8) is 0 Å². The van der Waals surface area contributed by atoms with Gasteiger partial charge in [-0.2, -0.15) is 5.10 Å². The molecule has 8 heteroatoms. The van der Waals surface area contributed by atoms with Crippen LogP contribution >= 0.6 is 0 Å². The summed E-state index contributed by atoms with van der Waals surface area (Å²) in [4.78, 5) is 27.6. The van der Waals surface area contributed by atoms with E-state index in [1.54, 1.807) is 21.8 Å². The molecular weight excluding hydrogens is 384 g/mol. The van der Waals surface area contributed by atoms with Crippen LogP contribution in [-0.2, 0) is 26.4 Å². The number of amides is 2. The maximum atomic E-state index is 13.2. The number of nitrogens with zero attached hydrogens (tertiary/aromatic N) is 3. The summed E-state index contributed by atoms with van der Waals surface area (Å²) >= 11 is 0. The van der Waals surface area contributed by atoms with Gasteiger partial charge in [0.2, 0.25) is 0 Å². The lowest BCUT2D eigenvalue weighted by Crippen LogP contribution is -2.57. The van der Waals surface area contributed by atoms with Crippen LogP contribution in [0.25, 0.3) is 0 Å². The molecule has 8 nitrogen and oxygen atoms in total. The van der Waals surface area contributed by atoms with Crippen LogP contribution < -0.4 is 5.32 Å². The third-order valence-corrected chi connectivity index (χ3v) is 5.87. The zero-order valence-electron chi connectivity index (χ0n) is 17.3. The molecule has 1 aromatic carbocycles. The van der Waals surface area contributed by atoms with Crippen LogP contribution in [0.1, 0.15) is 35.8 Å². The van der Waals surface area contributed by atoms with E-state index in [-0.39, 0.29) is 18.4 Å². The van der Waals surface area contributed by atoms with Crippen molar-refractivity contribution in [1.82, 2.24) is 20.0 Å². The number of nitrogens with one attached hydrogen (secondary N) is 1. The Morgan fingerprint density at radius 1 is 1.17 bits per heavy atom. The van der Waals surface area contributed by atoms with E-state index in [1.165, 1.54) is 0 Å². The summed E-state index contributed by atoms with van der Waals surface area (Å²) in [6, 6.07) is 11.7. The van der Waals surface area contributed by atoms with Gasteiger partial charge in [-0.05, 0) is 31.4 Å². The molecule has 2 fully saturated rings. The van der Waals surface area contributed by atoms with E-state index in [0.717, 1.165) is 5.56 Å². The van der Waals surface area contributed by atoms with E-state index in [2.05, 4.69) is 10.4 Å². The average molecular weight is 412 g/mol. The lowest BCUT2D eigenvalue weighted by molar-refractivity contribution is -0.140. The fourth-order valence-corrected chi connectivity index (χ4v) is 4.09. The van der Waals surface area contributed by atoms with Gasteiger partial charge < -0.3 is 19.7 Å². The molecule has 0 saturated carbocycles. The molecule has 2 aromatic rings. The molecule has 2 amide bonds. The molecule has 1 aromatic heterocycles. The maximum absolute atomic E-state index is 13.2. The smallest absolute Gasteiger partial charge is 0.274 e. The van der Waals surface area contributed by atoms with Gasteiger partial charge in [0.1, 0.15) is 5.69 Å². The molecule has 2 aliphatic rings. The Hall–Kier alpha value is -2.71. The molecule has 4 rings (SSSR count). The van der Waals surface area contributed by atoms with E-state index in [4.69, 9.17) is 9.47 Å². The summed E-state index contributed by atoms with van der Waals surface area (Å²) in [5, 5.41) is 7.52. The summed E-state index contributed by atoms with van der Waals surface area (Å²) in [6.45, 7) is 4.82. The first kappa shape index (κ1) is 20.6. The van der Waals surface area contributed by atoms with E-state index in [1.807, 2.05) is 37.3 Å². The average Bonchev–Trinajstić information content (AvgIpc) is 3.29. The minimum absolute atomic E-state index is 0.174. The largest absolute Gasteiger partial charge is 0.381 e. The molecule has 0 bridgehead atoms. The minimum atomic E-state index is -0.709. The van der Waals surface area contributed by atoms with Crippen LogP contribution in [0.2, 0.25) is 0 Å². The highest BCUT2D eigenvalue weighted by atomic mass is 16.5. The molecule has 2 aliphatic heterocycles. The first-order valence-corrected chi connectivity index (χ1v) is 10.5. The number of carbonyl (C=O) groups excluding carboxylic acids is 2. The number of rotatable bonds is 5. The molecule has 1 unspecified atom stereocenters. The molecule has 0 radical (unpaired) electrons. The molecule has 1 N–H and O–H groups in total. The lowest BCUT2D eigenvalue weighted by Gasteiger charge is -2.40. The highest BCUT2D eigenvalue weighted by Crippen LogP contribution is 2.32. The van der Waals surface area contributed by atoms with E-state index in [0.29, 0.717) is 51.4 Å². The summed E-state index contributed by atoms with van der Waals surface area (Å²) in [5.74, 6) is -0.371. The van der Waals surface area contributed by atoms with Gasteiger partial charge in [0.05, 0.1) is 18.7 Å². The number of aromatic nitrogens is 2. The predicted octanol–water partition coefficient (Wildman–Crippen LogP) is 1.57. The Morgan fingerprint density at radius 3 is 2.63 bits per heavy atom. The monoisotopic (exact) mass is 412 g/mol. The Balaban J connectivity index is 1.46. The first-order valence-electron chi connectivity index (χ1n) is 10.5. The van der Waals surface area contributed by atoms with Gasteiger partial charge in [-0.1, -0.05) is 30.3 Å². The fourth-order valence-electron chi connectivity index (χ4n) is 4.09. The molecule has 0 spiro atoms. The number of aryl methyl sites for hydroxylation is 1. The molecule has 1 atom stereocenters. The normalized spacial score (nSPS) is 21.2. The highest BCUT2D eigenvalue weighted by Gasteiger charge is 2.39.